The highest BCUT2D eigenvalue weighted by atomic mass is 32.1. The molecule has 0 radical (unpaired) electrons. The maximum atomic E-state index is 13.3. The summed E-state index contributed by atoms with van der Waals surface area (Å²) in [6, 6.07) is 6.84. The number of rotatable bonds is 3. The molecule has 0 amide bonds. The average molecular weight is 319 g/mol. The Labute approximate surface area is 132 Å². The van der Waals surface area contributed by atoms with Crippen molar-refractivity contribution in [1.82, 2.24) is 4.98 Å². The van der Waals surface area contributed by atoms with Gasteiger partial charge in [-0.25, -0.2) is 9.37 Å². The first-order chi connectivity index (χ1) is 10.7. The van der Waals surface area contributed by atoms with Gasteiger partial charge in [-0.2, -0.15) is 0 Å². The SMILES string of the molecule is Fc1cccc(N[C@H]2CO[C@]3(CCN(c4nccs4)C3)C2)c1. The molecular formula is C16H18FN3OS. The van der Waals surface area contributed by atoms with Gasteiger partial charge < -0.3 is 15.0 Å². The molecule has 2 saturated heterocycles. The van der Waals surface area contributed by atoms with Crippen LogP contribution in [-0.2, 0) is 4.74 Å². The molecule has 4 rings (SSSR count). The Hall–Kier alpha value is -1.66. The van der Waals surface area contributed by atoms with Crippen molar-refractivity contribution < 1.29 is 9.13 Å². The van der Waals surface area contributed by atoms with E-state index in [0.29, 0.717) is 6.61 Å². The lowest BCUT2D eigenvalue weighted by atomic mass is 9.97. The minimum absolute atomic E-state index is 0.0866. The maximum absolute atomic E-state index is 13.3. The molecule has 6 heteroatoms. The number of nitrogens with one attached hydrogen (secondary N) is 1. The zero-order valence-electron chi connectivity index (χ0n) is 12.2. The fourth-order valence-corrected chi connectivity index (χ4v) is 4.09. The van der Waals surface area contributed by atoms with E-state index in [2.05, 4.69) is 15.2 Å². The lowest BCUT2D eigenvalue weighted by Crippen LogP contribution is -2.33. The molecule has 2 aliphatic heterocycles. The topological polar surface area (TPSA) is 37.4 Å². The van der Waals surface area contributed by atoms with E-state index in [1.807, 2.05) is 17.6 Å². The molecule has 0 bridgehead atoms. The van der Waals surface area contributed by atoms with E-state index in [-0.39, 0.29) is 17.5 Å². The molecule has 2 fully saturated rings. The summed E-state index contributed by atoms with van der Waals surface area (Å²) in [4.78, 5) is 6.68. The van der Waals surface area contributed by atoms with Crippen LogP contribution in [0, 0.1) is 5.82 Å². The van der Waals surface area contributed by atoms with Gasteiger partial charge in [0.2, 0.25) is 0 Å². The van der Waals surface area contributed by atoms with E-state index in [4.69, 9.17) is 4.74 Å². The average Bonchev–Trinajstić information content (AvgIpc) is 3.22. The highest BCUT2D eigenvalue weighted by Crippen LogP contribution is 2.38. The summed E-state index contributed by atoms with van der Waals surface area (Å²) >= 11 is 1.67. The summed E-state index contributed by atoms with van der Waals surface area (Å²) in [6.07, 6.45) is 3.81. The standard InChI is InChI=1S/C16H18FN3OS/c17-12-2-1-3-13(8-12)19-14-9-16(21-10-14)4-6-20(11-16)15-18-5-7-22-15/h1-3,5,7-8,14,19H,4,6,9-11H2/t14-,16-/m1/s1. The number of anilines is 2. The van der Waals surface area contributed by atoms with Crippen LogP contribution in [0.2, 0.25) is 0 Å². The summed E-state index contributed by atoms with van der Waals surface area (Å²) in [5.41, 5.74) is 0.733. The Kier molecular flexibility index (Phi) is 3.50. The highest BCUT2D eigenvalue weighted by Gasteiger charge is 2.46. The number of hydrogen-bond donors (Lipinski definition) is 1. The smallest absolute Gasteiger partial charge is 0.185 e. The monoisotopic (exact) mass is 319 g/mol. The van der Waals surface area contributed by atoms with E-state index in [9.17, 15) is 4.39 Å². The summed E-state index contributed by atoms with van der Waals surface area (Å²) in [5, 5.41) is 6.46. The number of halogens is 1. The fraction of sp³-hybridized carbons (Fsp3) is 0.438. The summed E-state index contributed by atoms with van der Waals surface area (Å²) < 4.78 is 19.4. The van der Waals surface area contributed by atoms with Crippen LogP contribution in [-0.4, -0.2) is 36.3 Å². The number of aromatic nitrogens is 1. The number of thiazole rings is 1. The molecule has 116 valence electrons. The molecular weight excluding hydrogens is 301 g/mol. The quantitative estimate of drug-likeness (QED) is 0.943. The van der Waals surface area contributed by atoms with Gasteiger partial charge in [-0.05, 0) is 24.6 Å². The Morgan fingerprint density at radius 1 is 1.45 bits per heavy atom. The van der Waals surface area contributed by atoms with Crippen molar-refractivity contribution in [3.63, 3.8) is 0 Å². The first-order valence-electron chi connectivity index (χ1n) is 7.53. The van der Waals surface area contributed by atoms with Crippen LogP contribution in [0.5, 0.6) is 0 Å². The van der Waals surface area contributed by atoms with Gasteiger partial charge in [0, 0.05) is 36.8 Å². The highest BCUT2D eigenvalue weighted by molar-refractivity contribution is 7.13. The van der Waals surface area contributed by atoms with Gasteiger partial charge in [0.15, 0.2) is 5.13 Å². The third kappa shape index (κ3) is 2.68. The molecule has 4 nitrogen and oxygen atoms in total. The van der Waals surface area contributed by atoms with Gasteiger partial charge in [0.05, 0.1) is 18.2 Å². The van der Waals surface area contributed by atoms with E-state index in [1.54, 1.807) is 17.4 Å². The van der Waals surface area contributed by atoms with Crippen molar-refractivity contribution in [3.05, 3.63) is 41.7 Å². The Bertz CT molecular complexity index is 651. The molecule has 1 aromatic heterocycles. The predicted molar refractivity (Wildman–Crippen MR) is 86.1 cm³/mol. The molecule has 1 N–H and O–H groups in total. The van der Waals surface area contributed by atoms with Crippen LogP contribution in [0.1, 0.15) is 12.8 Å². The molecule has 0 saturated carbocycles. The first kappa shape index (κ1) is 14.0. The van der Waals surface area contributed by atoms with Crippen LogP contribution < -0.4 is 10.2 Å². The largest absolute Gasteiger partial charge is 0.380 e. The van der Waals surface area contributed by atoms with Crippen molar-refractivity contribution in [3.8, 4) is 0 Å². The van der Waals surface area contributed by atoms with Crippen LogP contribution in [0.25, 0.3) is 0 Å². The number of nitrogens with zero attached hydrogens (tertiary/aromatic N) is 2. The van der Waals surface area contributed by atoms with Crippen LogP contribution in [0.3, 0.4) is 0 Å². The van der Waals surface area contributed by atoms with E-state index >= 15 is 0 Å². The minimum atomic E-state index is -0.213. The second-order valence-corrected chi connectivity index (χ2v) is 6.91. The van der Waals surface area contributed by atoms with Gasteiger partial charge >= 0.3 is 0 Å². The zero-order valence-corrected chi connectivity index (χ0v) is 13.0. The van der Waals surface area contributed by atoms with E-state index < -0.39 is 0 Å². The van der Waals surface area contributed by atoms with Crippen LogP contribution in [0.4, 0.5) is 15.2 Å². The third-order valence-corrected chi connectivity index (χ3v) is 5.24. The van der Waals surface area contributed by atoms with Crippen LogP contribution >= 0.6 is 11.3 Å². The minimum Gasteiger partial charge on any atom is -0.380 e. The van der Waals surface area contributed by atoms with Crippen molar-refractivity contribution in [2.45, 2.75) is 24.5 Å². The normalized spacial score (nSPS) is 27.7. The van der Waals surface area contributed by atoms with E-state index in [1.165, 1.54) is 12.1 Å². The molecule has 3 heterocycles. The Morgan fingerprint density at radius 3 is 3.23 bits per heavy atom. The first-order valence-corrected chi connectivity index (χ1v) is 8.41. The molecule has 1 spiro atoms. The van der Waals surface area contributed by atoms with Gasteiger partial charge in [-0.3, -0.25) is 0 Å². The number of ether oxygens (including phenoxy) is 1. The lowest BCUT2D eigenvalue weighted by Gasteiger charge is -2.23. The molecule has 1 aromatic carbocycles. The molecule has 0 aliphatic carbocycles. The van der Waals surface area contributed by atoms with Crippen molar-refractivity contribution in [1.29, 1.82) is 0 Å². The summed E-state index contributed by atoms with van der Waals surface area (Å²) in [5.74, 6) is -0.213. The van der Waals surface area contributed by atoms with Crippen molar-refractivity contribution in [2.24, 2.45) is 0 Å². The van der Waals surface area contributed by atoms with Gasteiger partial charge in [0.1, 0.15) is 5.82 Å². The molecule has 2 atom stereocenters. The van der Waals surface area contributed by atoms with Gasteiger partial charge in [0.25, 0.3) is 0 Å². The Balaban J connectivity index is 1.40. The number of benzene rings is 1. The second-order valence-electron chi connectivity index (χ2n) is 6.04. The zero-order chi connectivity index (χ0) is 15.0. The van der Waals surface area contributed by atoms with Gasteiger partial charge in [-0.1, -0.05) is 6.07 Å². The molecule has 2 aliphatic rings. The number of hydrogen-bond acceptors (Lipinski definition) is 5. The summed E-state index contributed by atoms with van der Waals surface area (Å²) in [6.45, 7) is 2.55. The lowest BCUT2D eigenvalue weighted by molar-refractivity contribution is 0.0229. The van der Waals surface area contributed by atoms with Crippen molar-refractivity contribution >= 4 is 22.2 Å². The molecule has 0 unspecified atom stereocenters. The maximum Gasteiger partial charge on any atom is 0.185 e. The Morgan fingerprint density at radius 2 is 2.41 bits per heavy atom. The fourth-order valence-electron chi connectivity index (χ4n) is 3.42. The molecule has 22 heavy (non-hydrogen) atoms. The van der Waals surface area contributed by atoms with Gasteiger partial charge in [-0.15, -0.1) is 11.3 Å². The summed E-state index contributed by atoms with van der Waals surface area (Å²) in [7, 11) is 0. The van der Waals surface area contributed by atoms with Crippen molar-refractivity contribution in [2.75, 3.05) is 29.9 Å². The third-order valence-electron chi connectivity index (χ3n) is 4.41. The second kappa shape index (κ2) is 5.52. The molecule has 2 aromatic rings. The predicted octanol–water partition coefficient (Wildman–Crippen LogP) is 3.13. The van der Waals surface area contributed by atoms with Crippen LogP contribution in [0.15, 0.2) is 35.8 Å². The van der Waals surface area contributed by atoms with E-state index in [0.717, 1.165) is 36.8 Å².